The second-order valence-corrected chi connectivity index (χ2v) is 5.82. The summed E-state index contributed by atoms with van der Waals surface area (Å²) < 4.78 is 0. The Labute approximate surface area is 138 Å². The molecular weight excluding hydrogens is 314 g/mol. The molecule has 0 aliphatic carbocycles. The van der Waals surface area contributed by atoms with E-state index in [0.717, 1.165) is 17.1 Å². The number of nitrogens with one attached hydrogen (secondary N) is 2. The van der Waals surface area contributed by atoms with E-state index in [-0.39, 0.29) is 6.54 Å². The highest BCUT2D eigenvalue weighted by molar-refractivity contribution is 7.09. The molecule has 2 aromatic rings. The number of thiazole rings is 1. The minimum Gasteiger partial charge on any atom is -0.394 e. The summed E-state index contributed by atoms with van der Waals surface area (Å²) in [5.41, 5.74) is 1.21. The molecule has 6 nitrogen and oxygen atoms in total. The maximum Gasteiger partial charge on any atom is 0.251 e. The highest BCUT2D eigenvalue weighted by Gasteiger charge is 2.20. The quantitative estimate of drug-likeness (QED) is 0.708. The Balaban J connectivity index is 1.89. The molecular formula is C16H19N3O3S. The smallest absolute Gasteiger partial charge is 0.251 e. The van der Waals surface area contributed by atoms with Crippen LogP contribution in [0.1, 0.15) is 28.0 Å². The standard InChI is InChI=1S/C16H19N3O3S/c1-2-14-18-12(10-23-14)8-17-16(22)13(9-20)19-15(21)11-6-4-3-5-7-11/h3-7,10,13,20H,2,8-9H2,1H3,(H,17,22)(H,19,21)/t13-/m0/s1. The van der Waals surface area contributed by atoms with Crippen molar-refractivity contribution in [1.29, 1.82) is 0 Å². The summed E-state index contributed by atoms with van der Waals surface area (Å²) in [6, 6.07) is 7.55. The van der Waals surface area contributed by atoms with Crippen LogP contribution in [-0.2, 0) is 17.8 Å². The van der Waals surface area contributed by atoms with E-state index in [9.17, 15) is 14.7 Å². The maximum atomic E-state index is 12.1. The van der Waals surface area contributed by atoms with Crippen molar-refractivity contribution in [2.75, 3.05) is 6.61 Å². The topological polar surface area (TPSA) is 91.3 Å². The first-order chi connectivity index (χ1) is 11.1. The molecule has 0 aliphatic rings. The van der Waals surface area contributed by atoms with Crippen molar-refractivity contribution in [1.82, 2.24) is 15.6 Å². The van der Waals surface area contributed by atoms with Crippen LogP contribution in [0.25, 0.3) is 0 Å². The molecule has 3 N–H and O–H groups in total. The van der Waals surface area contributed by atoms with Crippen LogP contribution < -0.4 is 10.6 Å². The van der Waals surface area contributed by atoms with Crippen LogP contribution in [0, 0.1) is 0 Å². The van der Waals surface area contributed by atoms with Crippen LogP contribution in [0.4, 0.5) is 0 Å². The fourth-order valence-electron chi connectivity index (χ4n) is 1.92. The lowest BCUT2D eigenvalue weighted by molar-refractivity contribution is -0.124. The van der Waals surface area contributed by atoms with Gasteiger partial charge in [0.05, 0.1) is 23.9 Å². The molecule has 122 valence electrons. The van der Waals surface area contributed by atoms with Gasteiger partial charge in [-0.15, -0.1) is 11.3 Å². The van der Waals surface area contributed by atoms with Crippen LogP contribution in [0.2, 0.25) is 0 Å². The molecule has 0 saturated carbocycles. The second kappa shape index (κ2) is 8.40. The summed E-state index contributed by atoms with van der Waals surface area (Å²) in [6.45, 7) is 1.82. The summed E-state index contributed by atoms with van der Waals surface area (Å²) in [7, 11) is 0. The molecule has 0 saturated heterocycles. The number of rotatable bonds is 7. The first kappa shape index (κ1) is 17.1. The first-order valence-corrected chi connectivity index (χ1v) is 8.19. The minimum absolute atomic E-state index is 0.271. The molecule has 23 heavy (non-hydrogen) atoms. The number of carbonyl (C=O) groups excluding carboxylic acids is 2. The van der Waals surface area contributed by atoms with Gasteiger partial charge in [-0.2, -0.15) is 0 Å². The number of carbonyl (C=O) groups is 2. The number of hydrogen-bond acceptors (Lipinski definition) is 5. The highest BCUT2D eigenvalue weighted by Crippen LogP contribution is 2.09. The zero-order valence-electron chi connectivity index (χ0n) is 12.8. The lowest BCUT2D eigenvalue weighted by atomic mass is 10.2. The molecule has 0 spiro atoms. The third-order valence-electron chi connectivity index (χ3n) is 3.19. The van der Waals surface area contributed by atoms with Crippen molar-refractivity contribution in [2.45, 2.75) is 25.9 Å². The molecule has 0 unspecified atom stereocenters. The van der Waals surface area contributed by atoms with Gasteiger partial charge in [-0.1, -0.05) is 25.1 Å². The first-order valence-electron chi connectivity index (χ1n) is 7.31. The van der Waals surface area contributed by atoms with E-state index in [1.807, 2.05) is 12.3 Å². The number of aromatic nitrogens is 1. The van der Waals surface area contributed by atoms with Crippen LogP contribution >= 0.6 is 11.3 Å². The number of hydrogen-bond donors (Lipinski definition) is 3. The average molecular weight is 333 g/mol. The van der Waals surface area contributed by atoms with Crippen molar-refractivity contribution in [2.24, 2.45) is 0 Å². The summed E-state index contributed by atoms with van der Waals surface area (Å²) >= 11 is 1.54. The predicted octanol–water partition coefficient (Wildman–Crippen LogP) is 1.11. The van der Waals surface area contributed by atoms with Crippen LogP contribution in [0.3, 0.4) is 0 Å². The second-order valence-electron chi connectivity index (χ2n) is 4.88. The minimum atomic E-state index is -0.994. The van der Waals surface area contributed by atoms with Crippen molar-refractivity contribution in [3.63, 3.8) is 0 Å². The lowest BCUT2D eigenvalue weighted by Gasteiger charge is -2.15. The third kappa shape index (κ3) is 4.87. The molecule has 1 aromatic carbocycles. The largest absolute Gasteiger partial charge is 0.394 e. The maximum absolute atomic E-state index is 12.1. The Kier molecular flexibility index (Phi) is 6.25. The SMILES string of the molecule is CCc1nc(CNC(=O)[C@H](CO)NC(=O)c2ccccc2)cs1. The van der Waals surface area contributed by atoms with Gasteiger partial charge in [-0.05, 0) is 18.6 Å². The van der Waals surface area contributed by atoms with Crippen LogP contribution in [-0.4, -0.2) is 34.6 Å². The van der Waals surface area contributed by atoms with Gasteiger partial charge in [-0.3, -0.25) is 9.59 Å². The van der Waals surface area contributed by atoms with Crippen LogP contribution in [0.5, 0.6) is 0 Å². The third-order valence-corrected chi connectivity index (χ3v) is 4.23. The molecule has 7 heteroatoms. The molecule has 1 aromatic heterocycles. The average Bonchev–Trinajstić information content (AvgIpc) is 3.06. The molecule has 1 atom stereocenters. The van der Waals surface area contributed by atoms with E-state index >= 15 is 0 Å². The van der Waals surface area contributed by atoms with Crippen molar-refractivity contribution < 1.29 is 14.7 Å². The van der Waals surface area contributed by atoms with Gasteiger partial charge < -0.3 is 15.7 Å². The Morgan fingerprint density at radius 2 is 2.04 bits per heavy atom. The number of aliphatic hydroxyl groups excluding tert-OH is 1. The monoisotopic (exact) mass is 333 g/mol. The number of aryl methyl sites for hydroxylation is 1. The molecule has 2 rings (SSSR count). The molecule has 0 radical (unpaired) electrons. The van der Waals surface area contributed by atoms with E-state index in [2.05, 4.69) is 15.6 Å². The van der Waals surface area contributed by atoms with Gasteiger partial charge in [0.25, 0.3) is 5.91 Å². The van der Waals surface area contributed by atoms with Gasteiger partial charge in [0.1, 0.15) is 6.04 Å². The Bertz CT molecular complexity index is 658. The lowest BCUT2D eigenvalue weighted by Crippen LogP contribution is -2.48. The van der Waals surface area contributed by atoms with Crippen LogP contribution in [0.15, 0.2) is 35.7 Å². The van der Waals surface area contributed by atoms with Gasteiger partial charge in [0.15, 0.2) is 0 Å². The van der Waals surface area contributed by atoms with Crippen molar-refractivity contribution in [3.05, 3.63) is 52.0 Å². The Hall–Kier alpha value is -2.25. The summed E-state index contributed by atoms with van der Waals surface area (Å²) in [5, 5.41) is 17.4. The number of aliphatic hydroxyl groups is 1. The number of amides is 2. The number of nitrogens with zero attached hydrogens (tertiary/aromatic N) is 1. The van der Waals surface area contributed by atoms with Gasteiger partial charge in [-0.25, -0.2) is 4.98 Å². The van der Waals surface area contributed by atoms with E-state index < -0.39 is 24.5 Å². The van der Waals surface area contributed by atoms with E-state index in [1.54, 1.807) is 41.7 Å². The Morgan fingerprint density at radius 1 is 1.30 bits per heavy atom. The van der Waals surface area contributed by atoms with Crippen molar-refractivity contribution >= 4 is 23.2 Å². The molecule has 1 heterocycles. The van der Waals surface area contributed by atoms with E-state index in [0.29, 0.717) is 5.56 Å². The fraction of sp³-hybridized carbons (Fsp3) is 0.312. The molecule has 0 aliphatic heterocycles. The zero-order chi connectivity index (χ0) is 16.7. The summed E-state index contributed by atoms with van der Waals surface area (Å²) in [4.78, 5) is 28.5. The van der Waals surface area contributed by atoms with Gasteiger partial charge in [0.2, 0.25) is 5.91 Å². The molecule has 0 fully saturated rings. The summed E-state index contributed by atoms with van der Waals surface area (Å²) in [5.74, 6) is -0.843. The van der Waals surface area contributed by atoms with Gasteiger partial charge >= 0.3 is 0 Å². The normalized spacial score (nSPS) is 11.7. The Morgan fingerprint density at radius 3 is 2.65 bits per heavy atom. The number of benzene rings is 1. The zero-order valence-corrected chi connectivity index (χ0v) is 13.6. The van der Waals surface area contributed by atoms with E-state index in [4.69, 9.17) is 0 Å². The predicted molar refractivity (Wildman–Crippen MR) is 88.1 cm³/mol. The fourth-order valence-corrected chi connectivity index (χ4v) is 2.66. The van der Waals surface area contributed by atoms with Crippen molar-refractivity contribution in [3.8, 4) is 0 Å². The highest BCUT2D eigenvalue weighted by atomic mass is 32.1. The molecule has 0 bridgehead atoms. The summed E-state index contributed by atoms with van der Waals surface area (Å²) in [6.07, 6.45) is 0.852. The molecule has 2 amide bonds. The van der Waals surface area contributed by atoms with Gasteiger partial charge in [0, 0.05) is 10.9 Å². The van der Waals surface area contributed by atoms with E-state index in [1.165, 1.54) is 0 Å².